The first kappa shape index (κ1) is 39.4. The van der Waals surface area contributed by atoms with Crippen LogP contribution >= 0.6 is 46.4 Å². The molecule has 0 fully saturated rings. The maximum Gasteiger partial charge on any atom is 0.258 e. The van der Waals surface area contributed by atoms with Crippen molar-refractivity contribution in [3.05, 3.63) is 140 Å². The highest BCUT2D eigenvalue weighted by molar-refractivity contribution is 6.38. The molecule has 4 amide bonds. The summed E-state index contributed by atoms with van der Waals surface area (Å²) in [6.45, 7) is 4.86. The molecule has 0 aliphatic carbocycles. The molecule has 5 aromatic rings. The van der Waals surface area contributed by atoms with Crippen molar-refractivity contribution in [2.45, 2.75) is 20.5 Å². The number of rotatable bonds is 5. The molecule has 1 N–H and O–H groups in total. The van der Waals surface area contributed by atoms with Crippen LogP contribution in [0.2, 0.25) is 20.1 Å². The number of hydrogen-bond acceptors (Lipinski definition) is 6. The normalized spacial score (nSPS) is 13.3. The van der Waals surface area contributed by atoms with Gasteiger partial charge in [-0.15, -0.1) is 0 Å². The lowest BCUT2D eigenvalue weighted by molar-refractivity contribution is -0.117. The maximum absolute atomic E-state index is 13.3. The van der Waals surface area contributed by atoms with Gasteiger partial charge in [0, 0.05) is 51.2 Å². The van der Waals surface area contributed by atoms with Crippen LogP contribution in [0.15, 0.2) is 103 Å². The number of hydrogen-bond donors (Lipinski definition) is 1. The number of phenols is 1. The Hall–Kier alpha value is -5.26. The third-order valence-corrected chi connectivity index (χ3v) is 10.1. The van der Waals surface area contributed by atoms with Gasteiger partial charge in [-0.05, 0) is 54.1 Å². The van der Waals surface area contributed by atoms with E-state index in [1.54, 1.807) is 49.9 Å². The lowest BCUT2D eigenvalue weighted by Crippen LogP contribution is -2.45. The zero-order valence-electron chi connectivity index (χ0n) is 29.6. The molecular weight excluding hydrogens is 786 g/mol. The molecule has 14 heteroatoms. The Morgan fingerprint density at radius 3 is 1.29 bits per heavy atom. The predicted octanol–water partition coefficient (Wildman–Crippen LogP) is 9.30. The minimum absolute atomic E-state index is 0.0153. The highest BCUT2D eigenvalue weighted by atomic mass is 35.5. The van der Waals surface area contributed by atoms with Crippen molar-refractivity contribution in [2.24, 2.45) is 0 Å². The molecule has 2 aliphatic heterocycles. The fourth-order valence-electron chi connectivity index (χ4n) is 6.35. The number of para-hydroxylation sites is 4. The van der Waals surface area contributed by atoms with Gasteiger partial charge in [-0.1, -0.05) is 101 Å². The summed E-state index contributed by atoms with van der Waals surface area (Å²) in [5, 5.41) is 10.2. The number of phenolic OH excluding ortho intramolecular Hbond substituents is 1. The Balaban J connectivity index is 0.000000193. The number of fused-ring (bicyclic) bond motifs is 2. The smallest absolute Gasteiger partial charge is 0.258 e. The Labute approximate surface area is 337 Å². The summed E-state index contributed by atoms with van der Waals surface area (Å²) < 4.78 is 5.80. The molecule has 55 heavy (non-hydrogen) atoms. The molecule has 0 radical (unpaired) electrons. The average molecular weight is 821 g/mol. The van der Waals surface area contributed by atoms with Crippen LogP contribution in [0.1, 0.15) is 40.1 Å². The molecule has 0 atom stereocenters. The summed E-state index contributed by atoms with van der Waals surface area (Å²) in [6, 6.07) is 30.1. The Kier molecular flexibility index (Phi) is 12.2. The molecule has 0 saturated heterocycles. The van der Waals surface area contributed by atoms with Crippen LogP contribution in [0.4, 0.5) is 22.7 Å². The zero-order valence-corrected chi connectivity index (χ0v) is 32.7. The number of carbonyl (C=O) groups is 4. The second-order valence-electron chi connectivity index (χ2n) is 12.6. The molecule has 0 saturated carbocycles. The van der Waals surface area contributed by atoms with Gasteiger partial charge >= 0.3 is 0 Å². The molecule has 7 rings (SSSR count). The van der Waals surface area contributed by atoms with Gasteiger partial charge in [-0.25, -0.2) is 0 Å². The number of ether oxygens (including phenoxy) is 1. The Morgan fingerprint density at radius 1 is 0.545 bits per heavy atom. The molecule has 10 nitrogen and oxygen atoms in total. The van der Waals surface area contributed by atoms with E-state index in [1.807, 2.05) is 60.7 Å². The summed E-state index contributed by atoms with van der Waals surface area (Å²) in [7, 11) is 0. The van der Waals surface area contributed by atoms with Crippen LogP contribution in [0.5, 0.6) is 11.5 Å². The first-order valence-corrected chi connectivity index (χ1v) is 18.6. The first-order chi connectivity index (χ1) is 26.3. The average Bonchev–Trinajstić information content (AvgIpc) is 3.18. The summed E-state index contributed by atoms with van der Waals surface area (Å²) in [5.41, 5.74) is 4.31. The fourth-order valence-corrected chi connectivity index (χ4v) is 7.43. The number of anilines is 4. The van der Waals surface area contributed by atoms with E-state index in [2.05, 4.69) is 0 Å². The Morgan fingerprint density at radius 2 is 0.891 bits per heavy atom. The maximum atomic E-state index is 13.3. The van der Waals surface area contributed by atoms with Crippen LogP contribution in [-0.2, 0) is 16.2 Å². The Bertz CT molecular complexity index is 2240. The van der Waals surface area contributed by atoms with Crippen molar-refractivity contribution < 1.29 is 29.0 Å². The van der Waals surface area contributed by atoms with E-state index in [0.29, 0.717) is 66.8 Å². The minimum atomic E-state index is -0.297. The van der Waals surface area contributed by atoms with Gasteiger partial charge in [0.05, 0.1) is 42.8 Å². The van der Waals surface area contributed by atoms with Gasteiger partial charge in [0.1, 0.15) is 6.61 Å². The van der Waals surface area contributed by atoms with E-state index >= 15 is 0 Å². The van der Waals surface area contributed by atoms with Crippen LogP contribution < -0.4 is 24.3 Å². The van der Waals surface area contributed by atoms with Crippen LogP contribution in [0.25, 0.3) is 0 Å². The number of halogens is 4. The van der Waals surface area contributed by atoms with Crippen molar-refractivity contribution in [1.29, 1.82) is 0 Å². The summed E-state index contributed by atoms with van der Waals surface area (Å²) in [5.74, 6) is -0.596. The first-order valence-electron chi connectivity index (χ1n) is 17.1. The van der Waals surface area contributed by atoms with Gasteiger partial charge in [-0.3, -0.25) is 19.2 Å². The summed E-state index contributed by atoms with van der Waals surface area (Å²) in [4.78, 5) is 56.5. The van der Waals surface area contributed by atoms with Crippen LogP contribution in [-0.4, -0.2) is 54.9 Å². The predicted molar refractivity (Wildman–Crippen MR) is 218 cm³/mol. The highest BCUT2D eigenvalue weighted by Gasteiger charge is 2.31. The number of amides is 4. The van der Waals surface area contributed by atoms with E-state index in [0.717, 1.165) is 5.56 Å². The summed E-state index contributed by atoms with van der Waals surface area (Å²) in [6.07, 6.45) is 0. The van der Waals surface area contributed by atoms with Gasteiger partial charge in [-0.2, -0.15) is 0 Å². The summed E-state index contributed by atoms with van der Waals surface area (Å²) >= 11 is 24.6. The van der Waals surface area contributed by atoms with Gasteiger partial charge in [0.2, 0.25) is 11.8 Å². The van der Waals surface area contributed by atoms with Crippen molar-refractivity contribution in [3.8, 4) is 11.5 Å². The molecule has 0 spiro atoms. The van der Waals surface area contributed by atoms with Gasteiger partial charge < -0.3 is 29.4 Å². The number of aromatic hydroxyl groups is 1. The molecule has 2 aliphatic rings. The molecular formula is C41H34Cl4N4O6. The fraction of sp³-hybridized carbons (Fsp3) is 0.171. The van der Waals surface area contributed by atoms with Crippen molar-refractivity contribution in [1.82, 2.24) is 0 Å². The molecule has 5 aromatic carbocycles. The minimum Gasteiger partial charge on any atom is -0.505 e. The lowest BCUT2D eigenvalue weighted by atomic mass is 10.1. The van der Waals surface area contributed by atoms with Crippen LogP contribution in [0, 0.1) is 0 Å². The number of carbonyl (C=O) groups excluding carboxylic acids is 4. The third kappa shape index (κ3) is 8.53. The van der Waals surface area contributed by atoms with Crippen molar-refractivity contribution >= 4 is 92.8 Å². The monoisotopic (exact) mass is 818 g/mol. The molecule has 0 unspecified atom stereocenters. The van der Waals surface area contributed by atoms with Crippen molar-refractivity contribution in [3.63, 3.8) is 0 Å². The lowest BCUT2D eigenvalue weighted by Gasteiger charge is -2.36. The molecule has 0 bridgehead atoms. The van der Waals surface area contributed by atoms with E-state index in [1.165, 1.54) is 26.0 Å². The molecule has 2 heterocycles. The van der Waals surface area contributed by atoms with E-state index < -0.39 is 0 Å². The largest absolute Gasteiger partial charge is 0.505 e. The van der Waals surface area contributed by atoms with Crippen molar-refractivity contribution in [2.75, 3.05) is 45.8 Å². The SMILES string of the molecule is CC(=O)N1CCN(C(=O)c2cc(Cl)c(O)c(Cl)c2)c2ccccc21.CC(=O)N1CCN(C(=O)c2cc(Cl)c(OCc3ccccc3)c(Cl)c2)c2ccccc21. The third-order valence-electron chi connectivity index (χ3n) is 9.01. The van der Waals surface area contributed by atoms with Crippen LogP contribution in [0.3, 0.4) is 0 Å². The van der Waals surface area contributed by atoms with E-state index in [9.17, 15) is 24.3 Å². The topological polar surface area (TPSA) is 111 Å². The number of nitrogens with zero attached hydrogens (tertiary/aromatic N) is 4. The van der Waals surface area contributed by atoms with Gasteiger partial charge in [0.25, 0.3) is 11.8 Å². The zero-order chi connectivity index (χ0) is 39.4. The quantitative estimate of drug-likeness (QED) is 0.189. The molecule has 282 valence electrons. The highest BCUT2D eigenvalue weighted by Crippen LogP contribution is 2.39. The van der Waals surface area contributed by atoms with E-state index in [-0.39, 0.29) is 55.0 Å². The van der Waals surface area contributed by atoms with Gasteiger partial charge in [0.15, 0.2) is 11.5 Å². The standard InChI is InChI=1S/C24H20Cl2N2O3.C17H14Cl2N2O3/c1-16(29)27-11-12-28(22-10-6-5-9-21(22)27)24(30)18-13-19(25)23(20(26)14-18)31-15-17-7-3-2-4-8-17;1-10(22)20-6-7-21(15-5-3-2-4-14(15)20)17(24)11-8-12(18)16(23)13(19)9-11/h2-10,13-14H,11-12,15H2,1H3;2-5,8-9,23H,6-7H2,1H3. The number of benzene rings is 5. The van der Waals surface area contributed by atoms with E-state index in [4.69, 9.17) is 51.1 Å². The molecule has 0 aromatic heterocycles. The second kappa shape index (κ2) is 17.0. The second-order valence-corrected chi connectivity index (χ2v) is 14.2.